The molecule has 1 aliphatic heterocycles. The predicted molar refractivity (Wildman–Crippen MR) is 119 cm³/mol. The average molecular weight is 486 g/mol. The molecule has 2 N–H and O–H groups in total. The first-order valence-corrected chi connectivity index (χ1v) is 10.3. The van der Waals surface area contributed by atoms with Crippen molar-refractivity contribution in [2.45, 2.75) is 26.6 Å². The number of amides is 1. The molecule has 35 heavy (non-hydrogen) atoms. The quantitative estimate of drug-likeness (QED) is 0.540. The normalized spacial score (nSPS) is 12.4. The number of carbonyl (C=O) groups excluding carboxylic acids is 1. The Labute approximate surface area is 196 Å². The van der Waals surface area contributed by atoms with Crippen molar-refractivity contribution in [1.82, 2.24) is 19.4 Å². The van der Waals surface area contributed by atoms with E-state index in [1.165, 1.54) is 20.2 Å². The first-order chi connectivity index (χ1) is 16.7. The summed E-state index contributed by atoms with van der Waals surface area (Å²) in [5.74, 6) is -3.97. The Kier molecular flexibility index (Phi) is 6.36. The van der Waals surface area contributed by atoms with E-state index in [0.29, 0.717) is 5.88 Å². The van der Waals surface area contributed by atoms with Crippen LogP contribution >= 0.6 is 0 Å². The monoisotopic (exact) mass is 486 g/mol. The van der Waals surface area contributed by atoms with Gasteiger partial charge in [0.2, 0.25) is 11.6 Å². The summed E-state index contributed by atoms with van der Waals surface area (Å²) in [5, 5.41) is 11.9. The molecule has 3 aromatic rings. The molecule has 3 heterocycles. The summed E-state index contributed by atoms with van der Waals surface area (Å²) < 4.78 is 39.9. The van der Waals surface area contributed by atoms with Gasteiger partial charge in [0.05, 0.1) is 25.5 Å². The lowest BCUT2D eigenvalue weighted by molar-refractivity contribution is -0.121. The third-order valence-corrected chi connectivity index (χ3v) is 5.44. The molecule has 1 aliphatic rings. The summed E-state index contributed by atoms with van der Waals surface area (Å²) >= 11 is 0. The van der Waals surface area contributed by atoms with Gasteiger partial charge in [0.25, 0.3) is 11.5 Å². The van der Waals surface area contributed by atoms with Gasteiger partial charge in [-0.05, 0) is 36.2 Å². The predicted octanol–water partition coefficient (Wildman–Crippen LogP) is 1.40. The fourth-order valence-electron chi connectivity index (χ4n) is 3.55. The molecule has 0 spiro atoms. The van der Waals surface area contributed by atoms with Crippen molar-refractivity contribution in [1.29, 1.82) is 0 Å². The number of methoxy groups -OCH3 is 1. The van der Waals surface area contributed by atoms with Gasteiger partial charge in [-0.1, -0.05) is 0 Å². The minimum Gasteiger partial charge on any atom is -0.503 e. The summed E-state index contributed by atoms with van der Waals surface area (Å²) in [6.45, 7) is 0.951. The number of aromatic hydroxyl groups is 1. The topological polar surface area (TPSA) is 125 Å². The number of pyridine rings is 1. The molecule has 2 aromatic heterocycles. The number of nitrogens with one attached hydrogen (secondary N) is 1. The first kappa shape index (κ1) is 23.7. The number of rotatable bonds is 6. The van der Waals surface area contributed by atoms with Crippen LogP contribution < -0.4 is 21.3 Å². The van der Waals surface area contributed by atoms with E-state index in [1.54, 1.807) is 12.1 Å². The van der Waals surface area contributed by atoms with Crippen molar-refractivity contribution in [2.75, 3.05) is 7.11 Å². The zero-order chi connectivity index (χ0) is 25.3. The molecule has 10 nitrogen and oxygen atoms in total. The Morgan fingerprint density at radius 3 is 2.63 bits per heavy atom. The second-order valence-electron chi connectivity index (χ2n) is 7.69. The lowest BCUT2D eigenvalue weighted by Gasteiger charge is -2.21. The summed E-state index contributed by atoms with van der Waals surface area (Å²) in [6, 6.07) is 4.99. The number of hydrogen-bond acceptors (Lipinski definition) is 7. The fourth-order valence-corrected chi connectivity index (χ4v) is 3.55. The van der Waals surface area contributed by atoms with E-state index in [9.17, 15) is 28.3 Å². The molecule has 1 amide bonds. The Morgan fingerprint density at radius 1 is 1.23 bits per heavy atom. The van der Waals surface area contributed by atoms with Crippen LogP contribution in [0.25, 0.3) is 6.20 Å². The second kappa shape index (κ2) is 9.41. The highest BCUT2D eigenvalue weighted by Crippen LogP contribution is 2.22. The van der Waals surface area contributed by atoms with Crippen molar-refractivity contribution in [3.8, 4) is 11.6 Å². The van der Waals surface area contributed by atoms with Crippen LogP contribution in [-0.4, -0.2) is 32.2 Å². The van der Waals surface area contributed by atoms with Crippen LogP contribution in [0.15, 0.2) is 45.8 Å². The van der Waals surface area contributed by atoms with E-state index in [4.69, 9.17) is 9.47 Å². The summed E-state index contributed by atoms with van der Waals surface area (Å²) in [5.41, 5.74) is -0.404. The number of aromatic nitrogens is 3. The maximum Gasteiger partial charge on any atom is 0.335 e. The van der Waals surface area contributed by atoms with Crippen molar-refractivity contribution >= 4 is 12.1 Å². The smallest absolute Gasteiger partial charge is 0.335 e. The molecule has 0 atom stereocenters. The Hall–Kier alpha value is -4.48. The molecule has 1 aromatic carbocycles. The number of fused-ring (bicyclic) bond motifs is 1. The third-order valence-electron chi connectivity index (χ3n) is 5.44. The molecule has 0 unspecified atom stereocenters. The van der Waals surface area contributed by atoms with E-state index in [-0.39, 0.29) is 35.7 Å². The molecular weight excluding hydrogens is 466 g/mol. The minimum absolute atomic E-state index is 0.0428. The Morgan fingerprint density at radius 2 is 1.94 bits per heavy atom. The van der Waals surface area contributed by atoms with Gasteiger partial charge in [-0.2, -0.15) is 0 Å². The molecule has 0 aliphatic carbocycles. The Balaban J connectivity index is 1.63. The SMILES string of the molecule is COc1cc(CNC(=O)C2=Cn3c(c(C)c(=O)n(Cc4cc(F)c(O)c(F)c4)c3=O)CO2)ccn1. The van der Waals surface area contributed by atoms with E-state index < -0.39 is 41.1 Å². The van der Waals surface area contributed by atoms with Gasteiger partial charge in [0, 0.05) is 24.4 Å². The van der Waals surface area contributed by atoms with Gasteiger partial charge in [-0.15, -0.1) is 0 Å². The van der Waals surface area contributed by atoms with Crippen LogP contribution in [0.5, 0.6) is 11.6 Å². The molecule has 4 rings (SSSR count). The lowest BCUT2D eigenvalue weighted by Crippen LogP contribution is -2.43. The highest BCUT2D eigenvalue weighted by Gasteiger charge is 2.24. The standard InChI is InChI=1S/C23H20F2N4O6/c1-12-17-11-35-18(21(31)27-8-13-3-4-26-19(7-13)34-2)10-28(17)23(33)29(22(12)32)9-14-5-15(24)20(30)16(25)6-14/h3-7,10,30H,8-9,11H2,1-2H3,(H,27,31). The second-order valence-corrected chi connectivity index (χ2v) is 7.69. The van der Waals surface area contributed by atoms with Gasteiger partial charge < -0.3 is 19.9 Å². The zero-order valence-electron chi connectivity index (χ0n) is 18.7. The van der Waals surface area contributed by atoms with Crippen molar-refractivity contribution in [3.63, 3.8) is 0 Å². The molecule has 0 fully saturated rings. The highest BCUT2D eigenvalue weighted by molar-refractivity contribution is 5.94. The van der Waals surface area contributed by atoms with Crippen molar-refractivity contribution < 1.29 is 28.2 Å². The van der Waals surface area contributed by atoms with Crippen molar-refractivity contribution in [3.05, 3.63) is 91.1 Å². The number of phenolic OH excluding ortho intramolecular Hbond substituents is 1. The zero-order valence-corrected chi connectivity index (χ0v) is 18.7. The van der Waals surface area contributed by atoms with E-state index in [0.717, 1.165) is 33.0 Å². The van der Waals surface area contributed by atoms with Gasteiger partial charge in [-0.25, -0.2) is 18.6 Å². The minimum atomic E-state index is -1.22. The molecule has 0 saturated heterocycles. The van der Waals surface area contributed by atoms with Crippen molar-refractivity contribution in [2.24, 2.45) is 0 Å². The Bertz CT molecular complexity index is 1450. The van der Waals surface area contributed by atoms with Crippen LogP contribution in [-0.2, 0) is 29.2 Å². The van der Waals surface area contributed by atoms with Crippen LogP contribution in [0.2, 0.25) is 0 Å². The number of ether oxygens (including phenoxy) is 2. The van der Waals surface area contributed by atoms with Crippen LogP contribution in [0.1, 0.15) is 22.4 Å². The number of halogens is 2. The number of nitrogens with zero attached hydrogens (tertiary/aromatic N) is 3. The molecule has 12 heteroatoms. The lowest BCUT2D eigenvalue weighted by atomic mass is 10.2. The molecule has 0 radical (unpaired) electrons. The van der Waals surface area contributed by atoms with Gasteiger partial charge in [-0.3, -0.25) is 18.7 Å². The summed E-state index contributed by atoms with van der Waals surface area (Å²) in [4.78, 5) is 42.5. The largest absolute Gasteiger partial charge is 0.503 e. The maximum absolute atomic E-state index is 13.7. The number of benzene rings is 1. The van der Waals surface area contributed by atoms with Gasteiger partial charge in [0.15, 0.2) is 17.4 Å². The molecule has 0 bridgehead atoms. The molecule has 182 valence electrons. The summed E-state index contributed by atoms with van der Waals surface area (Å²) in [7, 11) is 1.47. The van der Waals surface area contributed by atoms with Gasteiger partial charge in [0.1, 0.15) is 6.61 Å². The van der Waals surface area contributed by atoms with E-state index >= 15 is 0 Å². The number of carbonyl (C=O) groups is 1. The van der Waals surface area contributed by atoms with Crippen LogP contribution in [0, 0.1) is 18.6 Å². The average Bonchev–Trinajstić information content (AvgIpc) is 2.86. The first-order valence-electron chi connectivity index (χ1n) is 10.3. The number of phenols is 1. The highest BCUT2D eigenvalue weighted by atomic mass is 19.1. The van der Waals surface area contributed by atoms with E-state index in [1.807, 2.05) is 0 Å². The molecule has 0 saturated carbocycles. The maximum atomic E-state index is 13.7. The fraction of sp³-hybridized carbons (Fsp3) is 0.217. The third kappa shape index (κ3) is 4.63. The molecular formula is C23H20F2N4O6. The van der Waals surface area contributed by atoms with Gasteiger partial charge >= 0.3 is 5.69 Å². The van der Waals surface area contributed by atoms with Crippen LogP contribution in [0.3, 0.4) is 0 Å². The van der Waals surface area contributed by atoms with Crippen LogP contribution in [0.4, 0.5) is 8.78 Å². The summed E-state index contributed by atoms with van der Waals surface area (Å²) in [6.07, 6.45) is 2.69. The van der Waals surface area contributed by atoms with E-state index in [2.05, 4.69) is 10.3 Å². The number of hydrogen-bond donors (Lipinski definition) is 2.